The van der Waals surface area contributed by atoms with Gasteiger partial charge < -0.3 is 15.3 Å². The van der Waals surface area contributed by atoms with Gasteiger partial charge in [-0.05, 0) is 18.2 Å². The highest BCUT2D eigenvalue weighted by Crippen LogP contribution is 2.16. The Morgan fingerprint density at radius 3 is 2.30 bits per heavy atom. The molecule has 0 aliphatic rings. The zero-order valence-corrected chi connectivity index (χ0v) is 11.7. The summed E-state index contributed by atoms with van der Waals surface area (Å²) in [5.74, 6) is 5.07. The van der Waals surface area contributed by atoms with Gasteiger partial charge in [0.15, 0.2) is 0 Å². The quantitative estimate of drug-likeness (QED) is 0.586. The van der Waals surface area contributed by atoms with E-state index in [0.29, 0.717) is 5.56 Å². The number of nitrogens with zero attached hydrogens (tertiary/aromatic N) is 1. The van der Waals surface area contributed by atoms with Crippen molar-refractivity contribution >= 4 is 10.0 Å². The molecule has 1 aromatic rings. The molecule has 1 aromatic carbocycles. The summed E-state index contributed by atoms with van der Waals surface area (Å²) in [5, 5.41) is 26.4. The topological polar surface area (TPSA) is 98.1 Å². The van der Waals surface area contributed by atoms with Gasteiger partial charge in [-0.25, -0.2) is 8.42 Å². The van der Waals surface area contributed by atoms with Crippen LogP contribution in [0.1, 0.15) is 5.56 Å². The molecular formula is C13H17NO5S. The molecule has 3 N–H and O–H groups in total. The molecule has 0 radical (unpaired) electrons. The van der Waals surface area contributed by atoms with Crippen LogP contribution >= 0.6 is 0 Å². The molecule has 110 valence electrons. The predicted octanol–water partition coefficient (Wildman–Crippen LogP) is -0.994. The van der Waals surface area contributed by atoms with E-state index in [9.17, 15) is 8.42 Å². The van der Waals surface area contributed by atoms with Crippen LogP contribution in [0.2, 0.25) is 0 Å². The Hall–Kier alpha value is -1.43. The third-order valence-corrected chi connectivity index (χ3v) is 4.38. The molecule has 0 unspecified atom stereocenters. The molecule has 0 fully saturated rings. The number of aliphatic hydroxyl groups is 3. The third kappa shape index (κ3) is 4.30. The SMILES string of the molecule is O=S(=O)(c1cccc(C#CCO)c1)N(CCO)CCO. The first-order valence-electron chi connectivity index (χ1n) is 5.98. The average molecular weight is 299 g/mol. The lowest BCUT2D eigenvalue weighted by Crippen LogP contribution is -2.35. The fourth-order valence-electron chi connectivity index (χ4n) is 1.60. The van der Waals surface area contributed by atoms with Crippen LogP contribution in [0.4, 0.5) is 0 Å². The van der Waals surface area contributed by atoms with Crippen molar-refractivity contribution in [3.63, 3.8) is 0 Å². The third-order valence-electron chi connectivity index (χ3n) is 2.48. The lowest BCUT2D eigenvalue weighted by molar-refractivity contribution is 0.217. The zero-order valence-electron chi connectivity index (χ0n) is 10.9. The smallest absolute Gasteiger partial charge is 0.243 e. The minimum atomic E-state index is -3.79. The summed E-state index contributed by atoms with van der Waals surface area (Å²) in [6.07, 6.45) is 0. The molecule has 0 spiro atoms. The van der Waals surface area contributed by atoms with Crippen molar-refractivity contribution in [3.8, 4) is 11.8 Å². The van der Waals surface area contributed by atoms with E-state index in [1.54, 1.807) is 12.1 Å². The first-order valence-corrected chi connectivity index (χ1v) is 7.42. The number of sulfonamides is 1. The minimum Gasteiger partial charge on any atom is -0.395 e. The van der Waals surface area contributed by atoms with E-state index in [4.69, 9.17) is 15.3 Å². The van der Waals surface area contributed by atoms with Gasteiger partial charge in [-0.15, -0.1) is 0 Å². The van der Waals surface area contributed by atoms with Crippen LogP contribution in [0.3, 0.4) is 0 Å². The Kier molecular flexibility index (Phi) is 6.64. The highest BCUT2D eigenvalue weighted by atomic mass is 32.2. The number of rotatable bonds is 6. The summed E-state index contributed by atoms with van der Waals surface area (Å²) in [7, 11) is -3.79. The first kappa shape index (κ1) is 16.6. The molecule has 0 amide bonds. The standard InChI is InChI=1S/C13H17NO5S/c15-8-2-4-12-3-1-5-13(11-12)20(18,19)14(6-9-16)7-10-17/h1,3,5,11,15-17H,6-10H2. The molecule has 0 bridgehead atoms. The second-order valence-electron chi connectivity index (χ2n) is 3.84. The van der Waals surface area contributed by atoms with Crippen molar-refractivity contribution in [2.24, 2.45) is 0 Å². The summed E-state index contributed by atoms with van der Waals surface area (Å²) < 4.78 is 25.7. The van der Waals surface area contributed by atoms with Gasteiger partial charge in [0.05, 0.1) is 18.1 Å². The minimum absolute atomic E-state index is 0.0316. The Morgan fingerprint density at radius 2 is 1.75 bits per heavy atom. The van der Waals surface area contributed by atoms with Gasteiger partial charge in [0.1, 0.15) is 6.61 Å². The molecule has 6 nitrogen and oxygen atoms in total. The van der Waals surface area contributed by atoms with Gasteiger partial charge in [-0.3, -0.25) is 0 Å². The molecule has 0 aliphatic carbocycles. The Balaban J connectivity index is 3.13. The number of benzene rings is 1. The Morgan fingerprint density at radius 1 is 1.10 bits per heavy atom. The van der Waals surface area contributed by atoms with Gasteiger partial charge in [0, 0.05) is 18.7 Å². The number of aliphatic hydroxyl groups excluding tert-OH is 3. The first-order chi connectivity index (χ1) is 9.56. The molecule has 20 heavy (non-hydrogen) atoms. The second kappa shape index (κ2) is 7.99. The van der Waals surface area contributed by atoms with Crippen molar-refractivity contribution in [3.05, 3.63) is 29.8 Å². The van der Waals surface area contributed by atoms with Crippen LogP contribution in [0, 0.1) is 11.8 Å². The van der Waals surface area contributed by atoms with E-state index in [1.807, 2.05) is 0 Å². The van der Waals surface area contributed by atoms with Crippen molar-refractivity contribution in [1.82, 2.24) is 4.31 Å². The van der Waals surface area contributed by atoms with E-state index < -0.39 is 10.0 Å². The molecule has 0 aliphatic heterocycles. The predicted molar refractivity (Wildman–Crippen MR) is 73.3 cm³/mol. The lowest BCUT2D eigenvalue weighted by Gasteiger charge is -2.20. The molecule has 0 saturated heterocycles. The zero-order chi connectivity index (χ0) is 15.0. The van der Waals surface area contributed by atoms with E-state index in [-0.39, 0.29) is 37.8 Å². The number of hydrogen-bond donors (Lipinski definition) is 3. The Labute approximate surface area is 118 Å². The van der Waals surface area contributed by atoms with E-state index >= 15 is 0 Å². The maximum absolute atomic E-state index is 12.3. The van der Waals surface area contributed by atoms with Crippen molar-refractivity contribution in [1.29, 1.82) is 0 Å². The van der Waals surface area contributed by atoms with Crippen LogP contribution in [-0.2, 0) is 10.0 Å². The van der Waals surface area contributed by atoms with Gasteiger partial charge in [-0.2, -0.15) is 4.31 Å². The highest BCUT2D eigenvalue weighted by Gasteiger charge is 2.23. The molecular weight excluding hydrogens is 282 g/mol. The van der Waals surface area contributed by atoms with Gasteiger partial charge >= 0.3 is 0 Å². The van der Waals surface area contributed by atoms with E-state index in [0.717, 1.165) is 4.31 Å². The second-order valence-corrected chi connectivity index (χ2v) is 5.78. The number of hydrogen-bond acceptors (Lipinski definition) is 5. The molecule has 1 rings (SSSR count). The Bertz CT molecular complexity index is 582. The van der Waals surface area contributed by atoms with Crippen molar-refractivity contribution < 1.29 is 23.7 Å². The van der Waals surface area contributed by atoms with E-state index in [1.165, 1.54) is 12.1 Å². The highest BCUT2D eigenvalue weighted by molar-refractivity contribution is 7.89. The molecule has 0 aromatic heterocycles. The summed E-state index contributed by atoms with van der Waals surface area (Å²) in [6, 6.07) is 5.98. The monoisotopic (exact) mass is 299 g/mol. The van der Waals surface area contributed by atoms with Crippen LogP contribution in [-0.4, -0.2) is 61.0 Å². The molecule has 7 heteroatoms. The maximum atomic E-state index is 12.3. The fraction of sp³-hybridized carbons (Fsp3) is 0.385. The van der Waals surface area contributed by atoms with Crippen LogP contribution in [0.15, 0.2) is 29.2 Å². The van der Waals surface area contributed by atoms with Crippen LogP contribution in [0.5, 0.6) is 0 Å². The van der Waals surface area contributed by atoms with Crippen molar-refractivity contribution in [2.75, 3.05) is 32.9 Å². The largest absolute Gasteiger partial charge is 0.395 e. The molecule has 0 atom stereocenters. The van der Waals surface area contributed by atoms with E-state index in [2.05, 4.69) is 11.8 Å². The normalized spacial score (nSPS) is 11.2. The van der Waals surface area contributed by atoms with Gasteiger partial charge in [-0.1, -0.05) is 17.9 Å². The lowest BCUT2D eigenvalue weighted by atomic mass is 10.2. The summed E-state index contributed by atoms with van der Waals surface area (Å²) >= 11 is 0. The maximum Gasteiger partial charge on any atom is 0.243 e. The average Bonchev–Trinajstić information content (AvgIpc) is 2.45. The van der Waals surface area contributed by atoms with Crippen LogP contribution < -0.4 is 0 Å². The summed E-state index contributed by atoms with van der Waals surface area (Å²) in [6.45, 7) is -1.14. The molecule has 0 heterocycles. The fourth-order valence-corrected chi connectivity index (χ4v) is 3.07. The molecule has 0 saturated carbocycles. The van der Waals surface area contributed by atoms with Crippen molar-refractivity contribution in [2.45, 2.75) is 4.90 Å². The van der Waals surface area contributed by atoms with Crippen LogP contribution in [0.25, 0.3) is 0 Å². The summed E-state index contributed by atoms with van der Waals surface area (Å²) in [4.78, 5) is 0.0316. The van der Waals surface area contributed by atoms with Gasteiger partial charge in [0.25, 0.3) is 0 Å². The summed E-state index contributed by atoms with van der Waals surface area (Å²) in [5.41, 5.74) is 0.466. The van der Waals surface area contributed by atoms with Gasteiger partial charge in [0.2, 0.25) is 10.0 Å².